The molecule has 1 aliphatic rings. The molecule has 1 fully saturated rings. The second-order valence-electron chi connectivity index (χ2n) is 7.96. The van der Waals surface area contributed by atoms with E-state index in [9.17, 15) is 9.90 Å². The number of carbonyl (C=O) groups is 1. The highest BCUT2D eigenvalue weighted by Crippen LogP contribution is 2.39. The molecule has 2 rings (SSSR count). The van der Waals surface area contributed by atoms with Gasteiger partial charge in [0.2, 0.25) is 8.32 Å². The van der Waals surface area contributed by atoms with Crippen LogP contribution in [-0.4, -0.2) is 19.2 Å². The minimum Gasteiger partial charge on any atom is -0.544 e. The van der Waals surface area contributed by atoms with Gasteiger partial charge < -0.3 is 9.53 Å². The van der Waals surface area contributed by atoms with Crippen LogP contribution in [0.3, 0.4) is 0 Å². The Hall–Kier alpha value is -1.13. The summed E-state index contributed by atoms with van der Waals surface area (Å²) in [6.07, 6.45) is 1.99. The summed E-state index contributed by atoms with van der Waals surface area (Å²) >= 11 is 0. The normalized spacial score (nSPS) is 19.1. The third kappa shape index (κ3) is 3.61. The van der Waals surface area contributed by atoms with Gasteiger partial charge in [-0.05, 0) is 48.7 Å². The van der Waals surface area contributed by atoms with E-state index in [1.165, 1.54) is 0 Å². The zero-order chi connectivity index (χ0) is 16.6. The van der Waals surface area contributed by atoms with Crippen molar-refractivity contribution in [3.05, 3.63) is 29.8 Å². The van der Waals surface area contributed by atoms with Crippen molar-refractivity contribution in [2.75, 3.05) is 0 Å². The highest BCUT2D eigenvalue weighted by atomic mass is 28.4. The fourth-order valence-electron chi connectivity index (χ4n) is 2.51. The Balaban J connectivity index is 2.12. The molecule has 4 heteroatoms. The first kappa shape index (κ1) is 17.2. The highest BCUT2D eigenvalue weighted by Gasteiger charge is 2.39. The van der Waals surface area contributed by atoms with E-state index >= 15 is 0 Å². The summed E-state index contributed by atoms with van der Waals surface area (Å²) in [5.41, 5.74) is 0.0336. The Bertz CT molecular complexity index is 530. The monoisotopic (exact) mass is 320 g/mol. The van der Waals surface area contributed by atoms with Crippen molar-refractivity contribution >= 4 is 14.1 Å². The first-order valence-electron chi connectivity index (χ1n) is 8.07. The number of Topliss-reactive ketones (excluding diaryl/α,β-unsaturated/α-hetero) is 1. The fraction of sp³-hybridized carbons (Fsp3) is 0.611. The molecule has 1 saturated carbocycles. The summed E-state index contributed by atoms with van der Waals surface area (Å²) in [6.45, 7) is 11.1. The largest absolute Gasteiger partial charge is 0.544 e. The lowest BCUT2D eigenvalue weighted by atomic mass is 9.79. The van der Waals surface area contributed by atoms with Crippen LogP contribution in [0.4, 0.5) is 0 Å². The van der Waals surface area contributed by atoms with E-state index in [0.717, 1.165) is 11.3 Å². The van der Waals surface area contributed by atoms with Gasteiger partial charge in [0.15, 0.2) is 0 Å². The maximum Gasteiger partial charge on any atom is 0.250 e. The third-order valence-corrected chi connectivity index (χ3v) is 9.56. The van der Waals surface area contributed by atoms with Crippen LogP contribution in [-0.2, 0) is 10.4 Å². The van der Waals surface area contributed by atoms with Gasteiger partial charge >= 0.3 is 0 Å². The summed E-state index contributed by atoms with van der Waals surface area (Å²) in [5.74, 6) is 1.12. The first-order valence-corrected chi connectivity index (χ1v) is 11.0. The van der Waals surface area contributed by atoms with Crippen LogP contribution in [0.15, 0.2) is 24.3 Å². The molecule has 0 radical (unpaired) electrons. The Kier molecular flexibility index (Phi) is 4.55. The predicted molar refractivity (Wildman–Crippen MR) is 91.6 cm³/mol. The van der Waals surface area contributed by atoms with Gasteiger partial charge in [0, 0.05) is 12.8 Å². The Morgan fingerprint density at radius 2 is 1.59 bits per heavy atom. The number of benzene rings is 1. The molecule has 1 aromatic rings. The standard InChI is InChI=1S/C18H28O3Si/c1-17(2,3)22(4,5)21-16-8-6-14(7-9-16)18(20)12-10-15(19)11-13-18/h6-9,20H,10-13H2,1-5H3. The van der Waals surface area contributed by atoms with Crippen LogP contribution >= 0.6 is 0 Å². The van der Waals surface area contributed by atoms with Gasteiger partial charge in [-0.1, -0.05) is 32.9 Å². The molecule has 0 amide bonds. The van der Waals surface area contributed by atoms with Crippen LogP contribution in [0.5, 0.6) is 5.75 Å². The van der Waals surface area contributed by atoms with E-state index in [-0.39, 0.29) is 10.8 Å². The molecule has 1 aromatic carbocycles. The third-order valence-electron chi connectivity index (χ3n) is 5.21. The number of carbonyl (C=O) groups excluding carboxylic acids is 1. The van der Waals surface area contributed by atoms with E-state index in [0.29, 0.717) is 25.7 Å². The quantitative estimate of drug-likeness (QED) is 0.840. The molecular weight excluding hydrogens is 292 g/mol. The minimum absolute atomic E-state index is 0.160. The number of hydrogen-bond acceptors (Lipinski definition) is 3. The van der Waals surface area contributed by atoms with Gasteiger partial charge in [-0.3, -0.25) is 4.79 Å². The lowest BCUT2D eigenvalue weighted by Crippen LogP contribution is -2.43. The Morgan fingerprint density at radius 3 is 2.05 bits per heavy atom. The molecule has 0 heterocycles. The van der Waals surface area contributed by atoms with E-state index in [4.69, 9.17) is 4.43 Å². The van der Waals surface area contributed by atoms with Crippen molar-refractivity contribution < 1.29 is 14.3 Å². The first-order chi connectivity index (χ1) is 10.0. The van der Waals surface area contributed by atoms with Crippen LogP contribution < -0.4 is 4.43 Å². The van der Waals surface area contributed by atoms with Crippen molar-refractivity contribution in [3.63, 3.8) is 0 Å². The van der Waals surface area contributed by atoms with Crippen LogP contribution in [0.25, 0.3) is 0 Å². The average molecular weight is 321 g/mol. The second-order valence-corrected chi connectivity index (χ2v) is 12.7. The fourth-order valence-corrected chi connectivity index (χ4v) is 3.54. The van der Waals surface area contributed by atoms with Gasteiger partial charge in [-0.15, -0.1) is 0 Å². The zero-order valence-corrected chi connectivity index (χ0v) is 15.4. The average Bonchev–Trinajstić information content (AvgIpc) is 2.41. The molecule has 0 aromatic heterocycles. The molecule has 0 saturated heterocycles. The summed E-state index contributed by atoms with van der Waals surface area (Å²) in [6, 6.07) is 7.78. The molecule has 1 N–H and O–H groups in total. The molecule has 3 nitrogen and oxygen atoms in total. The van der Waals surface area contributed by atoms with Crippen LogP contribution in [0.2, 0.25) is 18.1 Å². The molecule has 1 aliphatic carbocycles. The maximum absolute atomic E-state index is 11.4. The van der Waals surface area contributed by atoms with E-state index in [2.05, 4.69) is 33.9 Å². The summed E-state index contributed by atoms with van der Waals surface area (Å²) in [7, 11) is -1.84. The lowest BCUT2D eigenvalue weighted by molar-refractivity contribution is -0.125. The van der Waals surface area contributed by atoms with Crippen LogP contribution in [0.1, 0.15) is 52.0 Å². The van der Waals surface area contributed by atoms with E-state index < -0.39 is 13.9 Å². The molecular formula is C18H28O3Si. The smallest absolute Gasteiger partial charge is 0.250 e. The Morgan fingerprint density at radius 1 is 1.09 bits per heavy atom. The minimum atomic E-state index is -1.84. The molecule has 0 bridgehead atoms. The topological polar surface area (TPSA) is 46.5 Å². The van der Waals surface area contributed by atoms with Crippen molar-refractivity contribution in [1.82, 2.24) is 0 Å². The molecule has 0 aliphatic heterocycles. The lowest BCUT2D eigenvalue weighted by Gasteiger charge is -2.37. The van der Waals surface area contributed by atoms with E-state index in [1.54, 1.807) is 0 Å². The van der Waals surface area contributed by atoms with Gasteiger partial charge in [0.05, 0.1) is 5.60 Å². The summed E-state index contributed by atoms with van der Waals surface area (Å²) in [4.78, 5) is 11.4. The zero-order valence-electron chi connectivity index (χ0n) is 14.4. The number of rotatable bonds is 3. The number of ketones is 1. The SMILES string of the molecule is CC(C)(C)[Si](C)(C)Oc1ccc(C2(O)CCC(=O)CC2)cc1. The van der Waals surface area contributed by atoms with Gasteiger partial charge in [0.25, 0.3) is 0 Å². The summed E-state index contributed by atoms with van der Waals surface area (Å²) in [5, 5.41) is 10.9. The van der Waals surface area contributed by atoms with Crippen LogP contribution in [0, 0.1) is 0 Å². The van der Waals surface area contributed by atoms with Crippen molar-refractivity contribution in [2.24, 2.45) is 0 Å². The molecule has 122 valence electrons. The predicted octanol–water partition coefficient (Wildman–Crippen LogP) is 4.40. The molecule has 0 spiro atoms. The highest BCUT2D eigenvalue weighted by molar-refractivity contribution is 6.74. The number of aliphatic hydroxyl groups is 1. The Labute approximate surface area is 134 Å². The molecule has 0 unspecified atom stereocenters. The number of hydrogen-bond donors (Lipinski definition) is 1. The van der Waals surface area contributed by atoms with Gasteiger partial charge in [-0.2, -0.15) is 0 Å². The van der Waals surface area contributed by atoms with Gasteiger partial charge in [-0.25, -0.2) is 0 Å². The van der Waals surface area contributed by atoms with Crippen molar-refractivity contribution in [3.8, 4) is 5.75 Å². The van der Waals surface area contributed by atoms with Crippen molar-refractivity contribution in [1.29, 1.82) is 0 Å². The molecule has 0 atom stereocenters. The van der Waals surface area contributed by atoms with Gasteiger partial charge in [0.1, 0.15) is 11.5 Å². The second kappa shape index (κ2) is 5.82. The molecule has 22 heavy (non-hydrogen) atoms. The maximum atomic E-state index is 11.4. The summed E-state index contributed by atoms with van der Waals surface area (Å²) < 4.78 is 6.26. The van der Waals surface area contributed by atoms with E-state index in [1.807, 2.05) is 24.3 Å². The van der Waals surface area contributed by atoms with Crippen molar-refractivity contribution in [2.45, 2.75) is 70.2 Å².